The first-order valence-corrected chi connectivity index (χ1v) is 16.9. The lowest BCUT2D eigenvalue weighted by Crippen LogP contribution is -2.10. The van der Waals surface area contributed by atoms with Gasteiger partial charge in [0.15, 0.2) is 0 Å². The Labute approximate surface area is 289 Å². The third-order valence-corrected chi connectivity index (χ3v) is 9.86. The number of aromatic nitrogens is 1. The van der Waals surface area contributed by atoms with Gasteiger partial charge < -0.3 is 9.32 Å². The molecule has 10 rings (SSSR count). The minimum absolute atomic E-state index is 0.864. The van der Waals surface area contributed by atoms with Gasteiger partial charge in [-0.3, -0.25) is 4.98 Å². The minimum Gasteiger partial charge on any atom is -0.456 e. The van der Waals surface area contributed by atoms with E-state index in [-0.39, 0.29) is 0 Å². The first-order valence-electron chi connectivity index (χ1n) is 16.9. The van der Waals surface area contributed by atoms with E-state index in [2.05, 4.69) is 163 Å². The highest BCUT2D eigenvalue weighted by Crippen LogP contribution is 2.40. The topological polar surface area (TPSA) is 29.3 Å². The average Bonchev–Trinajstić information content (AvgIpc) is 3.54. The predicted molar refractivity (Wildman–Crippen MR) is 210 cm³/mol. The Morgan fingerprint density at radius 3 is 1.86 bits per heavy atom. The molecule has 0 aliphatic heterocycles. The molecule has 0 aliphatic rings. The predicted octanol–water partition coefficient (Wildman–Crippen LogP) is 13.2. The van der Waals surface area contributed by atoms with Gasteiger partial charge in [0, 0.05) is 27.5 Å². The Hall–Kier alpha value is -6.71. The molecular weight excluding hydrogens is 609 g/mol. The fourth-order valence-electron chi connectivity index (χ4n) is 7.34. The van der Waals surface area contributed by atoms with Gasteiger partial charge in [0.25, 0.3) is 0 Å². The van der Waals surface area contributed by atoms with Gasteiger partial charge in [-0.15, -0.1) is 0 Å². The largest absolute Gasteiger partial charge is 0.456 e. The Bertz CT molecular complexity index is 2860. The molecule has 0 saturated carbocycles. The fourth-order valence-corrected chi connectivity index (χ4v) is 7.34. The van der Waals surface area contributed by atoms with Crippen LogP contribution in [0.5, 0.6) is 0 Å². The van der Waals surface area contributed by atoms with E-state index in [0.717, 1.165) is 49.9 Å². The molecule has 0 aliphatic carbocycles. The van der Waals surface area contributed by atoms with Crippen molar-refractivity contribution >= 4 is 71.4 Å². The highest BCUT2D eigenvalue weighted by molar-refractivity contribution is 6.09. The van der Waals surface area contributed by atoms with Crippen LogP contribution >= 0.6 is 0 Å². The van der Waals surface area contributed by atoms with E-state index in [0.29, 0.717) is 0 Å². The van der Waals surface area contributed by atoms with Crippen molar-refractivity contribution in [3.63, 3.8) is 0 Å². The molecule has 0 saturated heterocycles. The average molecular weight is 639 g/mol. The van der Waals surface area contributed by atoms with Gasteiger partial charge in [-0.1, -0.05) is 121 Å². The minimum atomic E-state index is 0.864. The summed E-state index contributed by atoms with van der Waals surface area (Å²) < 4.78 is 6.26. The van der Waals surface area contributed by atoms with E-state index in [1.807, 2.05) is 24.4 Å². The SMILES string of the molecule is c1ccc2cc(-c3ccc(N(c4ccc(-c5cccc6ccccc56)cc4)c4cnc5cc6c(cc5c4)oc4ccccc46)cc3)ccc2c1. The second-order valence-corrected chi connectivity index (χ2v) is 12.9. The number of hydrogen-bond donors (Lipinski definition) is 0. The second-order valence-electron chi connectivity index (χ2n) is 12.9. The summed E-state index contributed by atoms with van der Waals surface area (Å²) >= 11 is 0. The van der Waals surface area contributed by atoms with Crippen molar-refractivity contribution < 1.29 is 4.42 Å². The smallest absolute Gasteiger partial charge is 0.136 e. The Morgan fingerprint density at radius 2 is 1.04 bits per heavy atom. The van der Waals surface area contributed by atoms with Gasteiger partial charge in [0.1, 0.15) is 11.2 Å². The molecule has 8 aromatic carbocycles. The summed E-state index contributed by atoms with van der Waals surface area (Å²) in [6.07, 6.45) is 1.98. The van der Waals surface area contributed by atoms with E-state index < -0.39 is 0 Å². The quantitative estimate of drug-likeness (QED) is 0.188. The van der Waals surface area contributed by atoms with E-state index in [1.54, 1.807) is 0 Å². The van der Waals surface area contributed by atoms with Crippen LogP contribution in [0.15, 0.2) is 187 Å². The first-order chi connectivity index (χ1) is 24.7. The number of pyridine rings is 1. The molecule has 234 valence electrons. The maximum Gasteiger partial charge on any atom is 0.136 e. The van der Waals surface area contributed by atoms with Crippen molar-refractivity contribution in [2.75, 3.05) is 4.90 Å². The number of para-hydroxylation sites is 1. The fraction of sp³-hybridized carbons (Fsp3) is 0. The highest BCUT2D eigenvalue weighted by Gasteiger charge is 2.16. The summed E-state index contributed by atoms with van der Waals surface area (Å²) in [6.45, 7) is 0. The van der Waals surface area contributed by atoms with Crippen LogP contribution in [-0.4, -0.2) is 4.98 Å². The normalized spacial score (nSPS) is 11.6. The van der Waals surface area contributed by atoms with Crippen LogP contribution in [0.2, 0.25) is 0 Å². The lowest BCUT2D eigenvalue weighted by Gasteiger charge is -2.26. The highest BCUT2D eigenvalue weighted by atomic mass is 16.3. The standard InChI is InChI=1S/C47H30N2O/c1-2-10-35-26-36(17-16-31(35)8-1)32-18-22-38(23-19-32)49(39-24-20-34(21-25-39)42-14-7-11-33-9-3-4-12-41(33)42)40-27-37-28-47-44(29-45(37)48-30-40)43-13-5-6-15-46(43)50-47/h1-30H. The van der Waals surface area contributed by atoms with E-state index in [9.17, 15) is 0 Å². The van der Waals surface area contributed by atoms with Gasteiger partial charge in [0.05, 0.1) is 17.4 Å². The van der Waals surface area contributed by atoms with Crippen LogP contribution in [0.4, 0.5) is 17.1 Å². The molecule has 2 aromatic heterocycles. The number of rotatable bonds is 5. The number of benzene rings is 8. The second kappa shape index (κ2) is 11.5. The van der Waals surface area contributed by atoms with Crippen molar-refractivity contribution in [1.29, 1.82) is 0 Å². The van der Waals surface area contributed by atoms with Gasteiger partial charge in [0.2, 0.25) is 0 Å². The third-order valence-electron chi connectivity index (χ3n) is 9.86. The Kier molecular flexibility index (Phi) is 6.49. The van der Waals surface area contributed by atoms with Crippen molar-refractivity contribution in [3.05, 3.63) is 182 Å². The van der Waals surface area contributed by atoms with Gasteiger partial charge in [-0.2, -0.15) is 0 Å². The van der Waals surface area contributed by atoms with Crippen LogP contribution in [0.1, 0.15) is 0 Å². The third kappa shape index (κ3) is 4.79. The molecule has 2 heterocycles. The molecule has 0 N–H and O–H groups in total. The molecule has 3 nitrogen and oxygen atoms in total. The molecule has 10 aromatic rings. The number of hydrogen-bond acceptors (Lipinski definition) is 3. The van der Waals surface area contributed by atoms with Crippen molar-refractivity contribution in [2.45, 2.75) is 0 Å². The summed E-state index contributed by atoms with van der Waals surface area (Å²) in [5.41, 5.74) is 10.6. The lowest BCUT2D eigenvalue weighted by atomic mass is 9.98. The van der Waals surface area contributed by atoms with Crippen LogP contribution in [0.3, 0.4) is 0 Å². The zero-order valence-electron chi connectivity index (χ0n) is 27.1. The molecule has 0 bridgehead atoms. The maximum atomic E-state index is 6.26. The summed E-state index contributed by atoms with van der Waals surface area (Å²) in [4.78, 5) is 7.28. The van der Waals surface area contributed by atoms with Crippen LogP contribution in [-0.2, 0) is 0 Å². The van der Waals surface area contributed by atoms with Crippen molar-refractivity contribution in [3.8, 4) is 22.3 Å². The molecule has 3 heteroatoms. The Balaban J connectivity index is 1.09. The molecule has 0 spiro atoms. The first kappa shape index (κ1) is 28.3. The molecule has 0 fully saturated rings. The molecule has 0 radical (unpaired) electrons. The van der Waals surface area contributed by atoms with Gasteiger partial charge in [-0.25, -0.2) is 0 Å². The number of anilines is 3. The van der Waals surface area contributed by atoms with E-state index in [4.69, 9.17) is 9.40 Å². The maximum absolute atomic E-state index is 6.26. The van der Waals surface area contributed by atoms with Crippen LogP contribution in [0, 0.1) is 0 Å². The van der Waals surface area contributed by atoms with E-state index in [1.165, 1.54) is 43.8 Å². The number of nitrogens with zero attached hydrogens (tertiary/aromatic N) is 2. The zero-order chi connectivity index (χ0) is 33.0. The van der Waals surface area contributed by atoms with E-state index >= 15 is 0 Å². The molecule has 0 unspecified atom stereocenters. The monoisotopic (exact) mass is 638 g/mol. The summed E-state index contributed by atoms with van der Waals surface area (Å²) in [5.74, 6) is 0. The molecule has 0 amide bonds. The molecular formula is C47H30N2O. The number of fused-ring (bicyclic) bond motifs is 6. The summed E-state index contributed by atoms with van der Waals surface area (Å²) in [6, 6.07) is 62.6. The number of furan rings is 1. The van der Waals surface area contributed by atoms with Crippen molar-refractivity contribution in [1.82, 2.24) is 4.98 Å². The molecule has 0 atom stereocenters. The summed E-state index contributed by atoms with van der Waals surface area (Å²) in [5, 5.41) is 8.19. The zero-order valence-corrected chi connectivity index (χ0v) is 27.1. The summed E-state index contributed by atoms with van der Waals surface area (Å²) in [7, 11) is 0. The molecule has 50 heavy (non-hydrogen) atoms. The van der Waals surface area contributed by atoms with Gasteiger partial charge in [-0.05, 0) is 98.4 Å². The van der Waals surface area contributed by atoms with Crippen LogP contribution < -0.4 is 4.90 Å². The Morgan fingerprint density at radius 1 is 0.380 bits per heavy atom. The lowest BCUT2D eigenvalue weighted by molar-refractivity contribution is 0.669. The van der Waals surface area contributed by atoms with Crippen LogP contribution in [0.25, 0.3) is 76.6 Å². The van der Waals surface area contributed by atoms with Crippen molar-refractivity contribution in [2.24, 2.45) is 0 Å². The van der Waals surface area contributed by atoms with Gasteiger partial charge >= 0.3 is 0 Å².